The van der Waals surface area contributed by atoms with Crippen molar-refractivity contribution < 1.29 is 5.11 Å². The minimum atomic E-state index is -0.530. The fourth-order valence-electron chi connectivity index (χ4n) is 2.34. The Bertz CT molecular complexity index is 665. The smallest absolute Gasteiger partial charge is 0.328 e. The molecular formula is C15H22N2O2. The van der Waals surface area contributed by atoms with Crippen molar-refractivity contribution in [1.29, 1.82) is 0 Å². The van der Waals surface area contributed by atoms with Crippen LogP contribution in [-0.2, 0) is 14.1 Å². The van der Waals surface area contributed by atoms with E-state index < -0.39 is 6.10 Å². The maximum Gasteiger partial charge on any atom is 0.328 e. The zero-order valence-corrected chi connectivity index (χ0v) is 12.3. The van der Waals surface area contributed by atoms with Crippen molar-refractivity contribution in [2.75, 3.05) is 0 Å². The van der Waals surface area contributed by atoms with Gasteiger partial charge in [0, 0.05) is 14.1 Å². The molecule has 0 saturated carbocycles. The number of imidazole rings is 1. The normalized spacial score (nSPS) is 14.0. The summed E-state index contributed by atoms with van der Waals surface area (Å²) in [6, 6.07) is 5.73. The number of aryl methyl sites for hydroxylation is 2. The largest absolute Gasteiger partial charge is 0.388 e. The molecule has 4 heteroatoms. The number of hydrogen-bond acceptors (Lipinski definition) is 2. The van der Waals surface area contributed by atoms with Gasteiger partial charge in [0.1, 0.15) is 0 Å². The van der Waals surface area contributed by atoms with Crippen molar-refractivity contribution in [2.45, 2.75) is 33.3 Å². The second-order valence-corrected chi connectivity index (χ2v) is 5.89. The third-order valence-corrected chi connectivity index (χ3v) is 4.26. The van der Waals surface area contributed by atoms with Crippen molar-refractivity contribution in [2.24, 2.45) is 19.5 Å². The average molecular weight is 262 g/mol. The van der Waals surface area contributed by atoms with Gasteiger partial charge in [0.2, 0.25) is 0 Å². The van der Waals surface area contributed by atoms with Crippen LogP contribution in [0.3, 0.4) is 0 Å². The number of aliphatic hydroxyl groups excluding tert-OH is 1. The first-order valence-corrected chi connectivity index (χ1v) is 6.63. The molecule has 19 heavy (non-hydrogen) atoms. The van der Waals surface area contributed by atoms with E-state index in [0.717, 1.165) is 23.0 Å². The average Bonchev–Trinajstić information content (AvgIpc) is 2.62. The van der Waals surface area contributed by atoms with E-state index in [4.69, 9.17) is 0 Å². The number of rotatable bonds is 3. The Morgan fingerprint density at radius 1 is 1.21 bits per heavy atom. The molecule has 1 aromatic carbocycles. The van der Waals surface area contributed by atoms with Gasteiger partial charge in [0.15, 0.2) is 0 Å². The summed E-state index contributed by atoms with van der Waals surface area (Å²) < 4.78 is 3.24. The molecule has 2 aromatic rings. The minimum absolute atomic E-state index is 0.0450. The van der Waals surface area contributed by atoms with E-state index >= 15 is 0 Å². The van der Waals surface area contributed by atoms with E-state index in [1.165, 1.54) is 0 Å². The molecule has 0 amide bonds. The Morgan fingerprint density at radius 3 is 2.37 bits per heavy atom. The third kappa shape index (κ3) is 2.10. The van der Waals surface area contributed by atoms with Crippen LogP contribution in [0, 0.1) is 5.41 Å². The summed E-state index contributed by atoms with van der Waals surface area (Å²) in [6.07, 6.45) is 0.358. The standard InChI is InChI=1S/C15H22N2O2/c1-6-15(2,3)13(18)10-7-8-11-12(9-10)17(5)14(19)16(11)4/h7-9,13,18H,6H2,1-5H3. The third-order valence-electron chi connectivity index (χ3n) is 4.26. The van der Waals surface area contributed by atoms with Crippen molar-refractivity contribution in [3.63, 3.8) is 0 Å². The number of nitrogens with zero attached hydrogens (tertiary/aromatic N) is 2. The summed E-state index contributed by atoms with van der Waals surface area (Å²) in [7, 11) is 3.52. The first-order chi connectivity index (χ1) is 8.79. The highest BCUT2D eigenvalue weighted by Gasteiger charge is 2.27. The summed E-state index contributed by atoms with van der Waals surface area (Å²) in [6.45, 7) is 6.16. The molecule has 0 radical (unpaired) electrons. The molecule has 1 N–H and O–H groups in total. The quantitative estimate of drug-likeness (QED) is 0.923. The maximum absolute atomic E-state index is 11.9. The Kier molecular flexibility index (Phi) is 3.31. The lowest BCUT2D eigenvalue weighted by Crippen LogP contribution is -2.21. The highest BCUT2D eigenvalue weighted by atomic mass is 16.3. The molecular weight excluding hydrogens is 240 g/mol. The van der Waals surface area contributed by atoms with Gasteiger partial charge in [-0.05, 0) is 29.5 Å². The van der Waals surface area contributed by atoms with E-state index in [1.807, 2.05) is 32.0 Å². The molecule has 104 valence electrons. The van der Waals surface area contributed by atoms with Crippen LogP contribution in [-0.4, -0.2) is 14.2 Å². The van der Waals surface area contributed by atoms with Gasteiger partial charge in [0.25, 0.3) is 0 Å². The van der Waals surface area contributed by atoms with Crippen LogP contribution < -0.4 is 5.69 Å². The van der Waals surface area contributed by atoms with Crippen LogP contribution in [0.5, 0.6) is 0 Å². The number of aromatic nitrogens is 2. The van der Waals surface area contributed by atoms with Crippen molar-refractivity contribution in [1.82, 2.24) is 9.13 Å². The van der Waals surface area contributed by atoms with Gasteiger partial charge in [-0.3, -0.25) is 9.13 Å². The second-order valence-electron chi connectivity index (χ2n) is 5.89. The number of benzene rings is 1. The van der Waals surface area contributed by atoms with Crippen LogP contribution in [0.1, 0.15) is 38.9 Å². The van der Waals surface area contributed by atoms with Gasteiger partial charge < -0.3 is 5.11 Å². The van der Waals surface area contributed by atoms with Crippen LogP contribution in [0.2, 0.25) is 0 Å². The first kappa shape index (κ1) is 13.9. The number of hydrogen-bond donors (Lipinski definition) is 1. The fraction of sp³-hybridized carbons (Fsp3) is 0.533. The minimum Gasteiger partial charge on any atom is -0.388 e. The van der Waals surface area contributed by atoms with Crippen molar-refractivity contribution >= 4 is 11.0 Å². The Morgan fingerprint density at radius 2 is 1.79 bits per heavy atom. The number of aliphatic hydroxyl groups is 1. The van der Waals surface area contributed by atoms with E-state index in [9.17, 15) is 9.90 Å². The van der Waals surface area contributed by atoms with Crippen LogP contribution in [0.25, 0.3) is 11.0 Å². The molecule has 0 aliphatic carbocycles. The Labute approximate surface area is 113 Å². The summed E-state index contributed by atoms with van der Waals surface area (Å²) in [5.41, 5.74) is 2.38. The lowest BCUT2D eigenvalue weighted by Gasteiger charge is -2.29. The SMILES string of the molecule is CCC(C)(C)C(O)c1ccc2c(c1)n(C)c(=O)n2C. The monoisotopic (exact) mass is 262 g/mol. The predicted octanol–water partition coefficient (Wildman–Crippen LogP) is 2.35. The van der Waals surface area contributed by atoms with E-state index in [0.29, 0.717) is 0 Å². The predicted molar refractivity (Wildman–Crippen MR) is 77.2 cm³/mol. The lowest BCUT2D eigenvalue weighted by atomic mass is 9.80. The van der Waals surface area contributed by atoms with Gasteiger partial charge in [-0.25, -0.2) is 4.79 Å². The van der Waals surface area contributed by atoms with Crippen molar-refractivity contribution in [3.8, 4) is 0 Å². The van der Waals surface area contributed by atoms with Gasteiger partial charge in [0.05, 0.1) is 17.1 Å². The summed E-state index contributed by atoms with van der Waals surface area (Å²) in [5.74, 6) is 0. The first-order valence-electron chi connectivity index (χ1n) is 6.63. The molecule has 1 heterocycles. The molecule has 2 rings (SSSR count). The zero-order chi connectivity index (χ0) is 14.4. The second kappa shape index (κ2) is 4.53. The Hall–Kier alpha value is -1.55. The van der Waals surface area contributed by atoms with E-state index in [2.05, 4.69) is 6.92 Å². The molecule has 0 spiro atoms. The Balaban J connectivity index is 2.60. The van der Waals surface area contributed by atoms with Crippen LogP contribution >= 0.6 is 0 Å². The van der Waals surface area contributed by atoms with Crippen molar-refractivity contribution in [3.05, 3.63) is 34.2 Å². The van der Waals surface area contributed by atoms with E-state index in [-0.39, 0.29) is 11.1 Å². The van der Waals surface area contributed by atoms with Gasteiger partial charge in [-0.1, -0.05) is 26.8 Å². The van der Waals surface area contributed by atoms with E-state index in [1.54, 1.807) is 23.2 Å². The molecule has 1 unspecified atom stereocenters. The molecule has 0 aliphatic heterocycles. The summed E-state index contributed by atoms with van der Waals surface area (Å²) >= 11 is 0. The van der Waals surface area contributed by atoms with Crippen LogP contribution in [0.4, 0.5) is 0 Å². The fourth-order valence-corrected chi connectivity index (χ4v) is 2.34. The molecule has 1 atom stereocenters. The van der Waals surface area contributed by atoms with Crippen LogP contribution in [0.15, 0.2) is 23.0 Å². The highest BCUT2D eigenvalue weighted by Crippen LogP contribution is 2.36. The summed E-state index contributed by atoms with van der Waals surface area (Å²) in [5, 5.41) is 10.5. The zero-order valence-electron chi connectivity index (χ0n) is 12.3. The van der Waals surface area contributed by atoms with Gasteiger partial charge in [-0.2, -0.15) is 0 Å². The maximum atomic E-state index is 11.9. The molecule has 4 nitrogen and oxygen atoms in total. The molecule has 0 bridgehead atoms. The lowest BCUT2D eigenvalue weighted by molar-refractivity contribution is 0.0466. The molecule has 0 saturated heterocycles. The van der Waals surface area contributed by atoms with Gasteiger partial charge in [-0.15, -0.1) is 0 Å². The molecule has 0 fully saturated rings. The number of fused-ring (bicyclic) bond motifs is 1. The summed E-state index contributed by atoms with van der Waals surface area (Å²) in [4.78, 5) is 11.9. The molecule has 1 aromatic heterocycles. The topological polar surface area (TPSA) is 47.2 Å². The molecule has 0 aliphatic rings. The van der Waals surface area contributed by atoms with Gasteiger partial charge >= 0.3 is 5.69 Å². The highest BCUT2D eigenvalue weighted by molar-refractivity contribution is 5.77.